The zero-order valence-corrected chi connectivity index (χ0v) is 14.2. The van der Waals surface area contributed by atoms with E-state index in [2.05, 4.69) is 27.8 Å². The van der Waals surface area contributed by atoms with Crippen LogP contribution >= 0.6 is 0 Å². The van der Waals surface area contributed by atoms with Crippen LogP contribution in [0.4, 0.5) is 0 Å². The summed E-state index contributed by atoms with van der Waals surface area (Å²) in [6.07, 6.45) is 5.67. The number of aromatic nitrogens is 3. The SMILES string of the molecule is CCCc1ccccc1C(=O)N1CCn2c(CC3CC3)nnc2C1. The van der Waals surface area contributed by atoms with Crippen molar-refractivity contribution < 1.29 is 4.79 Å². The van der Waals surface area contributed by atoms with E-state index in [0.717, 1.165) is 61.0 Å². The highest BCUT2D eigenvalue weighted by Gasteiger charge is 2.29. The van der Waals surface area contributed by atoms with Crippen LogP contribution in [0.2, 0.25) is 0 Å². The van der Waals surface area contributed by atoms with E-state index in [1.54, 1.807) is 0 Å². The minimum atomic E-state index is 0.122. The minimum Gasteiger partial charge on any atom is -0.329 e. The van der Waals surface area contributed by atoms with Gasteiger partial charge in [-0.15, -0.1) is 10.2 Å². The van der Waals surface area contributed by atoms with Crippen LogP contribution in [0.15, 0.2) is 24.3 Å². The van der Waals surface area contributed by atoms with Crippen LogP contribution in [-0.2, 0) is 25.9 Å². The standard InChI is InChI=1S/C19H24N4O/c1-2-5-15-6-3-4-7-16(15)19(24)22-10-11-23-17(12-14-8-9-14)20-21-18(23)13-22/h3-4,6-7,14H,2,5,8-13H2,1H3. The third kappa shape index (κ3) is 2.95. The molecular formula is C19H24N4O. The van der Waals surface area contributed by atoms with Gasteiger partial charge in [-0.2, -0.15) is 0 Å². The molecule has 1 aliphatic heterocycles. The second-order valence-electron chi connectivity index (χ2n) is 6.97. The van der Waals surface area contributed by atoms with Crippen LogP contribution in [0, 0.1) is 5.92 Å². The Bertz CT molecular complexity index is 748. The van der Waals surface area contributed by atoms with Gasteiger partial charge in [0.25, 0.3) is 5.91 Å². The molecule has 0 atom stereocenters. The average Bonchev–Trinajstić information content (AvgIpc) is 3.34. The van der Waals surface area contributed by atoms with E-state index in [1.165, 1.54) is 12.8 Å². The number of aryl methyl sites for hydroxylation is 1. The molecule has 0 bridgehead atoms. The van der Waals surface area contributed by atoms with Gasteiger partial charge in [0.05, 0.1) is 6.54 Å². The maximum atomic E-state index is 13.0. The van der Waals surface area contributed by atoms with Crippen molar-refractivity contribution in [3.63, 3.8) is 0 Å². The highest BCUT2D eigenvalue weighted by atomic mass is 16.2. The second kappa shape index (κ2) is 6.38. The summed E-state index contributed by atoms with van der Waals surface area (Å²) in [6.45, 7) is 4.26. The zero-order chi connectivity index (χ0) is 16.5. The van der Waals surface area contributed by atoms with Crippen molar-refractivity contribution in [2.24, 2.45) is 5.92 Å². The fourth-order valence-electron chi connectivity index (χ4n) is 3.51. The Morgan fingerprint density at radius 2 is 2.04 bits per heavy atom. The molecule has 1 aromatic heterocycles. The number of carbonyl (C=O) groups excluding carboxylic acids is 1. The Balaban J connectivity index is 1.52. The van der Waals surface area contributed by atoms with Gasteiger partial charge in [0.15, 0.2) is 5.82 Å². The van der Waals surface area contributed by atoms with Crippen molar-refractivity contribution in [3.8, 4) is 0 Å². The van der Waals surface area contributed by atoms with E-state index >= 15 is 0 Å². The van der Waals surface area contributed by atoms with Gasteiger partial charge in [0.1, 0.15) is 5.82 Å². The third-order valence-corrected chi connectivity index (χ3v) is 5.05. The van der Waals surface area contributed by atoms with E-state index < -0.39 is 0 Å². The van der Waals surface area contributed by atoms with Crippen molar-refractivity contribution in [1.82, 2.24) is 19.7 Å². The predicted molar refractivity (Wildman–Crippen MR) is 91.6 cm³/mol. The van der Waals surface area contributed by atoms with Gasteiger partial charge in [-0.3, -0.25) is 4.79 Å². The molecule has 1 aliphatic carbocycles. The molecule has 5 nitrogen and oxygen atoms in total. The number of nitrogens with zero attached hydrogens (tertiary/aromatic N) is 4. The number of hydrogen-bond acceptors (Lipinski definition) is 3. The van der Waals surface area contributed by atoms with Crippen molar-refractivity contribution in [1.29, 1.82) is 0 Å². The molecule has 1 aromatic carbocycles. The Kier molecular flexibility index (Phi) is 4.08. The molecule has 2 aromatic rings. The normalized spacial score (nSPS) is 17.0. The molecule has 1 amide bonds. The molecule has 2 heterocycles. The molecule has 2 aliphatic rings. The first kappa shape index (κ1) is 15.4. The average molecular weight is 324 g/mol. The van der Waals surface area contributed by atoms with Crippen LogP contribution in [0.25, 0.3) is 0 Å². The van der Waals surface area contributed by atoms with E-state index in [-0.39, 0.29) is 5.91 Å². The summed E-state index contributed by atoms with van der Waals surface area (Å²) in [5, 5.41) is 8.71. The Labute approximate surface area is 142 Å². The second-order valence-corrected chi connectivity index (χ2v) is 6.97. The first-order valence-electron chi connectivity index (χ1n) is 9.04. The summed E-state index contributed by atoms with van der Waals surface area (Å²) < 4.78 is 2.22. The Morgan fingerprint density at radius 1 is 1.21 bits per heavy atom. The lowest BCUT2D eigenvalue weighted by atomic mass is 10.0. The summed E-state index contributed by atoms with van der Waals surface area (Å²) in [6, 6.07) is 7.98. The molecule has 0 N–H and O–H groups in total. The van der Waals surface area contributed by atoms with Crippen LogP contribution in [0.1, 0.15) is 53.8 Å². The number of rotatable bonds is 5. The lowest BCUT2D eigenvalue weighted by Gasteiger charge is -2.28. The molecule has 126 valence electrons. The number of hydrogen-bond donors (Lipinski definition) is 0. The fourth-order valence-corrected chi connectivity index (χ4v) is 3.51. The fraction of sp³-hybridized carbons (Fsp3) is 0.526. The van der Waals surface area contributed by atoms with Gasteiger partial charge in [0.2, 0.25) is 0 Å². The molecule has 24 heavy (non-hydrogen) atoms. The lowest BCUT2D eigenvalue weighted by molar-refractivity contribution is 0.0705. The maximum Gasteiger partial charge on any atom is 0.254 e. The molecular weight excluding hydrogens is 300 g/mol. The molecule has 5 heteroatoms. The number of benzene rings is 1. The highest BCUT2D eigenvalue weighted by Crippen LogP contribution is 2.32. The maximum absolute atomic E-state index is 13.0. The van der Waals surface area contributed by atoms with E-state index in [4.69, 9.17) is 0 Å². The summed E-state index contributed by atoms with van der Waals surface area (Å²) in [5.41, 5.74) is 1.98. The van der Waals surface area contributed by atoms with Gasteiger partial charge < -0.3 is 9.47 Å². The Morgan fingerprint density at radius 3 is 2.83 bits per heavy atom. The quantitative estimate of drug-likeness (QED) is 0.850. The van der Waals surface area contributed by atoms with Gasteiger partial charge >= 0.3 is 0 Å². The van der Waals surface area contributed by atoms with E-state index in [9.17, 15) is 4.79 Å². The highest BCUT2D eigenvalue weighted by molar-refractivity contribution is 5.95. The van der Waals surface area contributed by atoms with Crippen molar-refractivity contribution in [2.75, 3.05) is 6.54 Å². The summed E-state index contributed by atoms with van der Waals surface area (Å²) in [5.74, 6) is 2.96. The van der Waals surface area contributed by atoms with E-state index in [1.807, 2.05) is 23.1 Å². The molecule has 0 radical (unpaired) electrons. The molecule has 4 rings (SSSR count). The summed E-state index contributed by atoms with van der Waals surface area (Å²) >= 11 is 0. The van der Waals surface area contributed by atoms with E-state index in [0.29, 0.717) is 6.54 Å². The minimum absolute atomic E-state index is 0.122. The smallest absolute Gasteiger partial charge is 0.254 e. The predicted octanol–water partition coefficient (Wildman–Crippen LogP) is 2.84. The number of fused-ring (bicyclic) bond motifs is 1. The topological polar surface area (TPSA) is 51.0 Å². The van der Waals surface area contributed by atoms with Crippen molar-refractivity contribution >= 4 is 5.91 Å². The molecule has 1 fully saturated rings. The first-order chi connectivity index (χ1) is 11.8. The van der Waals surface area contributed by atoms with Crippen LogP contribution < -0.4 is 0 Å². The van der Waals surface area contributed by atoms with Gasteiger partial charge in [-0.25, -0.2) is 0 Å². The number of amides is 1. The van der Waals surface area contributed by atoms with Gasteiger partial charge in [-0.05, 0) is 36.8 Å². The first-order valence-corrected chi connectivity index (χ1v) is 9.04. The van der Waals surface area contributed by atoms with Crippen LogP contribution in [0.3, 0.4) is 0 Å². The largest absolute Gasteiger partial charge is 0.329 e. The van der Waals surface area contributed by atoms with Crippen molar-refractivity contribution in [3.05, 3.63) is 47.0 Å². The van der Waals surface area contributed by atoms with Gasteiger partial charge in [-0.1, -0.05) is 31.5 Å². The Hall–Kier alpha value is -2.17. The van der Waals surface area contributed by atoms with Crippen LogP contribution in [0.5, 0.6) is 0 Å². The van der Waals surface area contributed by atoms with Gasteiger partial charge in [0, 0.05) is 25.1 Å². The molecule has 0 spiro atoms. The van der Waals surface area contributed by atoms with Crippen molar-refractivity contribution in [2.45, 2.75) is 52.1 Å². The monoisotopic (exact) mass is 324 g/mol. The molecule has 0 saturated heterocycles. The summed E-state index contributed by atoms with van der Waals surface area (Å²) in [7, 11) is 0. The third-order valence-electron chi connectivity index (χ3n) is 5.05. The zero-order valence-electron chi connectivity index (χ0n) is 14.2. The summed E-state index contributed by atoms with van der Waals surface area (Å²) in [4.78, 5) is 14.9. The molecule has 0 unspecified atom stereocenters. The lowest BCUT2D eigenvalue weighted by Crippen LogP contribution is -2.39. The molecule has 1 saturated carbocycles. The number of carbonyl (C=O) groups is 1. The van der Waals surface area contributed by atoms with Crippen LogP contribution in [-0.4, -0.2) is 32.1 Å².